The van der Waals surface area contributed by atoms with E-state index in [0.29, 0.717) is 17.1 Å². The Kier molecular flexibility index (Phi) is 6.03. The van der Waals surface area contributed by atoms with Gasteiger partial charge >= 0.3 is 0 Å². The van der Waals surface area contributed by atoms with Crippen LogP contribution in [0.15, 0.2) is 60.8 Å². The Bertz CT molecular complexity index is 1060. The van der Waals surface area contributed by atoms with E-state index in [1.807, 2.05) is 12.1 Å². The zero-order chi connectivity index (χ0) is 20.8. The van der Waals surface area contributed by atoms with Crippen molar-refractivity contribution in [1.82, 2.24) is 4.98 Å². The third kappa shape index (κ3) is 4.86. The van der Waals surface area contributed by atoms with Crippen molar-refractivity contribution in [2.24, 2.45) is 0 Å². The lowest BCUT2D eigenvalue weighted by molar-refractivity contribution is -0.114. The largest absolute Gasteiger partial charge is 0.495 e. The highest BCUT2D eigenvalue weighted by atomic mass is 19.1. The fourth-order valence-corrected chi connectivity index (χ4v) is 2.66. The molecule has 0 spiro atoms. The van der Waals surface area contributed by atoms with Crippen molar-refractivity contribution < 1.29 is 18.7 Å². The van der Waals surface area contributed by atoms with Crippen molar-refractivity contribution in [3.8, 4) is 5.75 Å². The molecule has 1 aromatic heterocycles. The minimum atomic E-state index is -0.629. The highest BCUT2D eigenvalue weighted by Crippen LogP contribution is 2.28. The molecule has 0 saturated carbocycles. The molecule has 1 heterocycles. The number of para-hydroxylation sites is 2. The molecule has 0 saturated heterocycles. The number of anilines is 4. The van der Waals surface area contributed by atoms with Crippen molar-refractivity contribution in [3.63, 3.8) is 0 Å². The van der Waals surface area contributed by atoms with Gasteiger partial charge in [-0.1, -0.05) is 12.1 Å². The Balaban J connectivity index is 1.86. The molecule has 2 aromatic carbocycles. The topological polar surface area (TPSA) is 92.3 Å². The lowest BCUT2D eigenvalue weighted by Crippen LogP contribution is -2.16. The van der Waals surface area contributed by atoms with Gasteiger partial charge in [-0.3, -0.25) is 9.59 Å². The van der Waals surface area contributed by atoms with E-state index in [9.17, 15) is 14.0 Å². The quantitative estimate of drug-likeness (QED) is 0.583. The fourth-order valence-electron chi connectivity index (χ4n) is 2.66. The molecular formula is C21H19FN4O3. The number of hydrogen-bond acceptors (Lipinski definition) is 5. The van der Waals surface area contributed by atoms with Crippen molar-refractivity contribution >= 4 is 34.7 Å². The summed E-state index contributed by atoms with van der Waals surface area (Å²) >= 11 is 0. The van der Waals surface area contributed by atoms with E-state index in [2.05, 4.69) is 20.9 Å². The van der Waals surface area contributed by atoms with Crippen molar-refractivity contribution in [2.45, 2.75) is 6.92 Å². The number of nitrogens with zero attached hydrogens (tertiary/aromatic N) is 1. The number of ether oxygens (including phenoxy) is 1. The summed E-state index contributed by atoms with van der Waals surface area (Å²) in [6.45, 7) is 1.34. The summed E-state index contributed by atoms with van der Waals surface area (Å²) in [4.78, 5) is 28.2. The normalized spacial score (nSPS) is 10.2. The van der Waals surface area contributed by atoms with E-state index in [-0.39, 0.29) is 23.0 Å². The maximum Gasteiger partial charge on any atom is 0.259 e. The van der Waals surface area contributed by atoms with Crippen LogP contribution in [0.2, 0.25) is 0 Å². The Hall–Kier alpha value is -3.94. The molecular weight excluding hydrogens is 375 g/mol. The fraction of sp³-hybridized carbons (Fsp3) is 0.0952. The number of carbonyl (C=O) groups is 2. The molecule has 3 aromatic rings. The van der Waals surface area contributed by atoms with Crippen LogP contribution in [-0.2, 0) is 4.79 Å². The third-order valence-electron chi connectivity index (χ3n) is 3.95. The second-order valence-corrected chi connectivity index (χ2v) is 6.05. The van der Waals surface area contributed by atoms with Crippen LogP contribution in [0.4, 0.5) is 27.3 Å². The first-order valence-corrected chi connectivity index (χ1v) is 8.71. The van der Waals surface area contributed by atoms with Crippen LogP contribution in [0.1, 0.15) is 17.3 Å². The molecule has 0 bridgehead atoms. The smallest absolute Gasteiger partial charge is 0.259 e. The first-order valence-electron chi connectivity index (χ1n) is 8.71. The summed E-state index contributed by atoms with van der Waals surface area (Å²) in [6, 6.07) is 14.3. The predicted octanol–water partition coefficient (Wildman–Crippen LogP) is 4.18. The number of hydrogen-bond donors (Lipinski definition) is 3. The molecule has 29 heavy (non-hydrogen) atoms. The Morgan fingerprint density at radius 2 is 1.79 bits per heavy atom. The highest BCUT2D eigenvalue weighted by Gasteiger charge is 2.16. The van der Waals surface area contributed by atoms with Crippen LogP contribution in [-0.4, -0.2) is 23.9 Å². The minimum Gasteiger partial charge on any atom is -0.495 e. The van der Waals surface area contributed by atoms with E-state index >= 15 is 0 Å². The van der Waals surface area contributed by atoms with Crippen molar-refractivity contribution in [3.05, 3.63) is 72.2 Å². The van der Waals surface area contributed by atoms with E-state index in [4.69, 9.17) is 4.74 Å². The zero-order valence-electron chi connectivity index (χ0n) is 15.8. The number of methoxy groups -OCH3 is 1. The van der Waals surface area contributed by atoms with Gasteiger partial charge in [0.1, 0.15) is 17.4 Å². The number of pyridine rings is 1. The Morgan fingerprint density at radius 3 is 2.55 bits per heavy atom. The maximum atomic E-state index is 14.2. The lowest BCUT2D eigenvalue weighted by Gasteiger charge is -2.14. The average molecular weight is 394 g/mol. The maximum absolute atomic E-state index is 14.2. The standard InChI is InChI=1S/C21H19FN4O3/c1-13(27)24-14-9-10-16(22)18(12-14)26-21(28)15-6-5-11-23-20(15)25-17-7-3-4-8-19(17)29-2/h3-12H,1-2H3,(H,23,25)(H,24,27)(H,26,28). The van der Waals surface area contributed by atoms with Gasteiger partial charge in [-0.2, -0.15) is 0 Å². The van der Waals surface area contributed by atoms with Crippen molar-refractivity contribution in [2.75, 3.05) is 23.1 Å². The molecule has 3 N–H and O–H groups in total. The van der Waals surface area contributed by atoms with Gasteiger partial charge in [0.15, 0.2) is 0 Å². The van der Waals surface area contributed by atoms with Gasteiger partial charge in [0.2, 0.25) is 5.91 Å². The summed E-state index contributed by atoms with van der Waals surface area (Å²) in [6.07, 6.45) is 1.53. The average Bonchev–Trinajstić information content (AvgIpc) is 2.71. The molecule has 3 rings (SSSR count). The molecule has 0 aliphatic carbocycles. The van der Waals surface area contributed by atoms with Crippen LogP contribution in [0, 0.1) is 5.82 Å². The van der Waals surface area contributed by atoms with Gasteiger partial charge < -0.3 is 20.7 Å². The number of benzene rings is 2. The van der Waals surface area contributed by atoms with Gasteiger partial charge in [0, 0.05) is 18.8 Å². The highest BCUT2D eigenvalue weighted by molar-refractivity contribution is 6.08. The van der Waals surface area contributed by atoms with E-state index in [1.165, 1.54) is 32.4 Å². The molecule has 0 unspecified atom stereocenters. The predicted molar refractivity (Wildman–Crippen MR) is 109 cm³/mol. The summed E-state index contributed by atoms with van der Waals surface area (Å²) in [5, 5.41) is 8.13. The number of carbonyl (C=O) groups excluding carboxylic acids is 2. The second-order valence-electron chi connectivity index (χ2n) is 6.05. The summed E-state index contributed by atoms with van der Waals surface area (Å²) in [7, 11) is 1.54. The number of halogens is 1. The zero-order valence-corrected chi connectivity index (χ0v) is 15.8. The number of nitrogens with one attached hydrogen (secondary N) is 3. The third-order valence-corrected chi connectivity index (χ3v) is 3.95. The second kappa shape index (κ2) is 8.83. The van der Waals surface area contributed by atoms with Gasteiger partial charge in [0.25, 0.3) is 5.91 Å². The van der Waals surface area contributed by atoms with Crippen LogP contribution < -0.4 is 20.7 Å². The molecule has 0 aliphatic heterocycles. The molecule has 0 atom stereocenters. The van der Waals surface area contributed by atoms with Gasteiger partial charge in [-0.05, 0) is 42.5 Å². The van der Waals surface area contributed by atoms with E-state index in [0.717, 1.165) is 6.07 Å². The minimum absolute atomic E-state index is 0.0617. The molecule has 7 nitrogen and oxygen atoms in total. The molecule has 0 radical (unpaired) electrons. The van der Waals surface area contributed by atoms with Crippen LogP contribution >= 0.6 is 0 Å². The molecule has 0 aliphatic rings. The first kappa shape index (κ1) is 19.8. The van der Waals surface area contributed by atoms with Crippen LogP contribution in [0.5, 0.6) is 5.75 Å². The lowest BCUT2D eigenvalue weighted by atomic mass is 10.2. The number of rotatable bonds is 6. The number of amides is 2. The van der Waals surface area contributed by atoms with E-state index < -0.39 is 11.7 Å². The summed E-state index contributed by atoms with van der Waals surface area (Å²) < 4.78 is 19.5. The van der Waals surface area contributed by atoms with Crippen molar-refractivity contribution in [1.29, 1.82) is 0 Å². The molecule has 0 fully saturated rings. The van der Waals surface area contributed by atoms with Gasteiger partial charge in [0.05, 0.1) is 24.0 Å². The summed E-state index contributed by atoms with van der Waals surface area (Å²) in [5.74, 6) is -0.624. The Labute approximate surface area is 166 Å². The van der Waals surface area contributed by atoms with E-state index in [1.54, 1.807) is 24.3 Å². The molecule has 148 valence electrons. The Morgan fingerprint density at radius 1 is 1.00 bits per heavy atom. The van der Waals surface area contributed by atoms with Gasteiger partial charge in [-0.25, -0.2) is 9.37 Å². The van der Waals surface area contributed by atoms with Gasteiger partial charge in [-0.15, -0.1) is 0 Å². The molecule has 8 heteroatoms. The SMILES string of the molecule is COc1ccccc1Nc1ncccc1C(=O)Nc1cc(NC(C)=O)ccc1F. The monoisotopic (exact) mass is 394 g/mol. The summed E-state index contributed by atoms with van der Waals surface area (Å²) in [5.41, 5.74) is 1.14. The van der Waals surface area contributed by atoms with Crippen LogP contribution in [0.25, 0.3) is 0 Å². The number of aromatic nitrogens is 1. The molecule has 2 amide bonds. The first-order chi connectivity index (χ1) is 14.0. The van der Waals surface area contributed by atoms with Crippen LogP contribution in [0.3, 0.4) is 0 Å².